The largest absolute Gasteiger partial charge is 0.478 e. The summed E-state index contributed by atoms with van der Waals surface area (Å²) in [6, 6.07) is 8.69. The van der Waals surface area contributed by atoms with Gasteiger partial charge in [-0.3, -0.25) is 4.79 Å². The zero-order valence-corrected chi connectivity index (χ0v) is 11.7. The standard InChI is InChI=1S/C15H11ClFNO3/c1-8-4-2-5-9(13(8)17)14(19)18-11-7-3-6-10(16)12(11)15(20)21/h2-7H,1H3,(H,18,19)(H,20,21). The Morgan fingerprint density at radius 1 is 1.19 bits per heavy atom. The Bertz CT molecular complexity index is 731. The molecule has 21 heavy (non-hydrogen) atoms. The molecule has 0 saturated carbocycles. The van der Waals surface area contributed by atoms with Crippen LogP contribution in [0.4, 0.5) is 10.1 Å². The molecule has 0 aliphatic carbocycles. The number of hydrogen-bond acceptors (Lipinski definition) is 2. The van der Waals surface area contributed by atoms with Crippen molar-refractivity contribution in [2.24, 2.45) is 0 Å². The van der Waals surface area contributed by atoms with Crippen molar-refractivity contribution in [1.82, 2.24) is 0 Å². The molecular weight excluding hydrogens is 297 g/mol. The number of amides is 1. The Kier molecular flexibility index (Phi) is 4.23. The smallest absolute Gasteiger partial charge is 0.339 e. The van der Waals surface area contributed by atoms with E-state index in [1.54, 1.807) is 6.07 Å². The summed E-state index contributed by atoms with van der Waals surface area (Å²) in [6.07, 6.45) is 0. The van der Waals surface area contributed by atoms with Crippen molar-refractivity contribution < 1.29 is 19.1 Å². The van der Waals surface area contributed by atoms with Gasteiger partial charge in [-0.2, -0.15) is 0 Å². The van der Waals surface area contributed by atoms with E-state index in [9.17, 15) is 14.0 Å². The van der Waals surface area contributed by atoms with Crippen LogP contribution in [0, 0.1) is 12.7 Å². The van der Waals surface area contributed by atoms with E-state index in [1.807, 2.05) is 0 Å². The number of nitrogens with one attached hydrogen (secondary N) is 1. The number of rotatable bonds is 3. The quantitative estimate of drug-likeness (QED) is 0.907. The van der Waals surface area contributed by atoms with Gasteiger partial charge in [-0.25, -0.2) is 9.18 Å². The molecule has 1 amide bonds. The van der Waals surface area contributed by atoms with Crippen molar-refractivity contribution in [3.63, 3.8) is 0 Å². The van der Waals surface area contributed by atoms with Crippen molar-refractivity contribution in [2.75, 3.05) is 5.32 Å². The van der Waals surface area contributed by atoms with Gasteiger partial charge in [0.1, 0.15) is 11.4 Å². The number of carboxylic acids is 1. The maximum atomic E-state index is 13.9. The number of carbonyl (C=O) groups excluding carboxylic acids is 1. The summed E-state index contributed by atoms with van der Waals surface area (Å²) < 4.78 is 13.9. The molecule has 0 aliphatic heterocycles. The molecular formula is C15H11ClFNO3. The van der Waals surface area contributed by atoms with E-state index in [1.165, 1.54) is 37.3 Å². The highest BCUT2D eigenvalue weighted by atomic mass is 35.5. The Hall–Kier alpha value is -2.40. The lowest BCUT2D eigenvalue weighted by Crippen LogP contribution is -2.16. The lowest BCUT2D eigenvalue weighted by Gasteiger charge is -2.10. The van der Waals surface area contributed by atoms with Gasteiger partial charge in [0, 0.05) is 0 Å². The summed E-state index contributed by atoms with van der Waals surface area (Å²) in [6.45, 7) is 1.54. The van der Waals surface area contributed by atoms with Crippen LogP contribution < -0.4 is 5.32 Å². The van der Waals surface area contributed by atoms with Crippen LogP contribution in [0.3, 0.4) is 0 Å². The van der Waals surface area contributed by atoms with Crippen molar-refractivity contribution in [3.05, 3.63) is 63.9 Å². The SMILES string of the molecule is Cc1cccc(C(=O)Nc2cccc(Cl)c2C(=O)O)c1F. The highest BCUT2D eigenvalue weighted by molar-refractivity contribution is 6.34. The molecule has 0 atom stereocenters. The summed E-state index contributed by atoms with van der Waals surface area (Å²) in [4.78, 5) is 23.3. The molecule has 2 aromatic carbocycles. The average molecular weight is 308 g/mol. The molecule has 0 aromatic heterocycles. The van der Waals surface area contributed by atoms with Crippen LogP contribution in [-0.2, 0) is 0 Å². The Morgan fingerprint density at radius 2 is 1.86 bits per heavy atom. The molecule has 0 spiro atoms. The first-order valence-electron chi connectivity index (χ1n) is 6.00. The summed E-state index contributed by atoms with van der Waals surface area (Å²) in [5.74, 6) is -2.66. The van der Waals surface area contributed by atoms with Crippen LogP contribution in [0.25, 0.3) is 0 Å². The van der Waals surface area contributed by atoms with Crippen molar-refractivity contribution >= 4 is 29.2 Å². The Morgan fingerprint density at radius 3 is 2.52 bits per heavy atom. The predicted molar refractivity (Wildman–Crippen MR) is 77.5 cm³/mol. The molecule has 2 aromatic rings. The molecule has 0 aliphatic rings. The molecule has 0 fully saturated rings. The molecule has 4 nitrogen and oxygen atoms in total. The molecule has 2 N–H and O–H groups in total. The van der Waals surface area contributed by atoms with Crippen LogP contribution in [0.2, 0.25) is 5.02 Å². The number of halogens is 2. The monoisotopic (exact) mass is 307 g/mol. The molecule has 0 saturated heterocycles. The maximum absolute atomic E-state index is 13.9. The molecule has 2 rings (SSSR count). The highest BCUT2D eigenvalue weighted by Gasteiger charge is 2.18. The van der Waals surface area contributed by atoms with Crippen LogP contribution in [0.15, 0.2) is 36.4 Å². The van der Waals surface area contributed by atoms with Gasteiger partial charge < -0.3 is 10.4 Å². The highest BCUT2D eigenvalue weighted by Crippen LogP contribution is 2.25. The minimum Gasteiger partial charge on any atom is -0.478 e. The normalized spacial score (nSPS) is 10.2. The molecule has 0 bridgehead atoms. The van der Waals surface area contributed by atoms with Crippen molar-refractivity contribution in [2.45, 2.75) is 6.92 Å². The van der Waals surface area contributed by atoms with Gasteiger partial charge in [0.05, 0.1) is 16.3 Å². The van der Waals surface area contributed by atoms with E-state index in [-0.39, 0.29) is 21.8 Å². The number of carboxylic acid groups (broad SMARTS) is 1. The van der Waals surface area contributed by atoms with E-state index in [0.29, 0.717) is 5.56 Å². The third-order valence-corrected chi connectivity index (χ3v) is 3.23. The van der Waals surface area contributed by atoms with Crippen LogP contribution in [0.5, 0.6) is 0 Å². The van der Waals surface area contributed by atoms with Gasteiger partial charge in [-0.15, -0.1) is 0 Å². The predicted octanol–water partition coefficient (Wildman–Crippen LogP) is 3.74. The summed E-state index contributed by atoms with van der Waals surface area (Å²) in [7, 11) is 0. The fourth-order valence-corrected chi connectivity index (χ4v) is 2.11. The fourth-order valence-electron chi connectivity index (χ4n) is 1.86. The molecule has 0 unspecified atom stereocenters. The fraction of sp³-hybridized carbons (Fsp3) is 0.0667. The van der Waals surface area contributed by atoms with Gasteiger partial charge >= 0.3 is 5.97 Å². The Labute approximate surface area is 125 Å². The zero-order chi connectivity index (χ0) is 15.6. The maximum Gasteiger partial charge on any atom is 0.339 e. The zero-order valence-electron chi connectivity index (χ0n) is 11.0. The second kappa shape index (κ2) is 5.93. The second-order valence-corrected chi connectivity index (χ2v) is 4.77. The third kappa shape index (κ3) is 3.03. The van der Waals surface area contributed by atoms with E-state index in [0.717, 1.165) is 0 Å². The second-order valence-electron chi connectivity index (χ2n) is 4.36. The molecule has 108 valence electrons. The van der Waals surface area contributed by atoms with Crippen molar-refractivity contribution in [1.29, 1.82) is 0 Å². The molecule has 0 radical (unpaired) electrons. The topological polar surface area (TPSA) is 66.4 Å². The average Bonchev–Trinajstić information content (AvgIpc) is 2.41. The van der Waals surface area contributed by atoms with Gasteiger partial charge in [-0.05, 0) is 30.7 Å². The molecule has 0 heterocycles. The number of carbonyl (C=O) groups is 2. The minimum atomic E-state index is -1.28. The first-order chi connectivity index (χ1) is 9.91. The van der Waals surface area contributed by atoms with Gasteiger partial charge in [-0.1, -0.05) is 29.8 Å². The van der Waals surface area contributed by atoms with E-state index in [2.05, 4.69) is 5.32 Å². The summed E-state index contributed by atoms with van der Waals surface area (Å²) in [5.41, 5.74) is -0.0556. The van der Waals surface area contributed by atoms with E-state index < -0.39 is 17.7 Å². The lowest BCUT2D eigenvalue weighted by molar-refractivity contribution is 0.0698. The van der Waals surface area contributed by atoms with Gasteiger partial charge in [0.25, 0.3) is 5.91 Å². The minimum absolute atomic E-state index is 0.00925. The first kappa shape index (κ1) is 15.0. The number of benzene rings is 2. The van der Waals surface area contributed by atoms with Gasteiger partial charge in [0.15, 0.2) is 0 Å². The number of aromatic carboxylic acids is 1. The molecule has 6 heteroatoms. The number of anilines is 1. The van der Waals surface area contributed by atoms with Gasteiger partial charge in [0.2, 0.25) is 0 Å². The third-order valence-electron chi connectivity index (χ3n) is 2.91. The lowest BCUT2D eigenvalue weighted by atomic mass is 10.1. The van der Waals surface area contributed by atoms with Crippen LogP contribution in [-0.4, -0.2) is 17.0 Å². The van der Waals surface area contributed by atoms with Crippen LogP contribution in [0.1, 0.15) is 26.3 Å². The van der Waals surface area contributed by atoms with Crippen LogP contribution >= 0.6 is 11.6 Å². The number of aryl methyl sites for hydroxylation is 1. The van der Waals surface area contributed by atoms with E-state index in [4.69, 9.17) is 16.7 Å². The summed E-state index contributed by atoms with van der Waals surface area (Å²) >= 11 is 5.80. The number of hydrogen-bond donors (Lipinski definition) is 2. The summed E-state index contributed by atoms with van der Waals surface area (Å²) in [5, 5.41) is 11.5. The first-order valence-corrected chi connectivity index (χ1v) is 6.38. The van der Waals surface area contributed by atoms with Crippen molar-refractivity contribution in [3.8, 4) is 0 Å². The van der Waals surface area contributed by atoms with E-state index >= 15 is 0 Å². The Balaban J connectivity index is 2.39.